The van der Waals surface area contributed by atoms with E-state index in [4.69, 9.17) is 21.9 Å². The maximum absolute atomic E-state index is 14.6. The maximum Gasteiger partial charge on any atom is 0.246 e. The molecule has 0 aromatic heterocycles. The molecular weight excluding hydrogens is 963 g/mol. The molecule has 2 aliphatic heterocycles. The number of ether oxygens (including phenoxy) is 1. The van der Waals surface area contributed by atoms with Crippen LogP contribution in [0.15, 0.2) is 24.3 Å². The van der Waals surface area contributed by atoms with Gasteiger partial charge in [0.15, 0.2) is 0 Å². The molecule has 1 aromatic rings. The molecule has 0 aliphatic carbocycles. The quantitative estimate of drug-likeness (QED) is 0.0752. The first-order valence-electron chi connectivity index (χ1n) is 23.5. The SMILES string of the molecule is CCC(C)C1NC(=O)C(Cc2ccc(OC)cc2)NC(=O)CC(C)(C)SSCC(C(=O)N2CCCC2C(=O)NC(CC(C)C)C(=O)NCC(N)=O)NC(=O)C(CC(N)=O)NC(=O)C(CCC(N)=O)NC1=O. The molecule has 8 atom stereocenters. The lowest BCUT2D eigenvalue weighted by Crippen LogP contribution is -2.61. The summed E-state index contributed by atoms with van der Waals surface area (Å²) in [6.45, 7) is 10.2. The molecule has 0 spiro atoms. The van der Waals surface area contributed by atoms with Gasteiger partial charge in [0.1, 0.15) is 48.0 Å². The number of amides is 11. The minimum absolute atomic E-state index is 0.00348. The number of nitrogens with zero attached hydrogens (tertiary/aromatic N) is 1. The number of hydrogen-bond donors (Lipinski definition) is 10. The highest BCUT2D eigenvalue weighted by Gasteiger charge is 2.41. The first-order chi connectivity index (χ1) is 33.3. The van der Waals surface area contributed by atoms with Crippen molar-refractivity contribution in [3.63, 3.8) is 0 Å². The standard InChI is InChI=1S/C46H71N11O12S2/c1-8-25(4)38-44(67)52-28(15-16-34(47)58)40(63)53-31(20-35(48)59)41(64)55-32(45(68)57-17-9-10-33(57)43(66)54-29(18-24(2)3)39(62)50-22-36(49)60)23-70-71-46(5,6)21-37(61)51-30(42(65)56-38)19-26-11-13-27(69-7)14-12-26/h11-14,24-25,28-33,38H,8-10,15-23H2,1-7H3,(H2,47,58)(H2,48,59)(H2,49,60)(H,50,62)(H,51,61)(H,52,67)(H,53,63)(H,54,66)(H,55,64)(H,56,65). The second-order valence-corrected chi connectivity index (χ2v) is 21.8. The van der Waals surface area contributed by atoms with Crippen LogP contribution in [0.4, 0.5) is 0 Å². The summed E-state index contributed by atoms with van der Waals surface area (Å²) in [6.07, 6.45) is -0.594. The number of nitrogens with two attached hydrogens (primary N) is 3. The molecule has 8 unspecified atom stereocenters. The third kappa shape index (κ3) is 19.5. The molecule has 2 fully saturated rings. The average molecular weight is 1030 g/mol. The molecular formula is C46H71N11O12S2. The van der Waals surface area contributed by atoms with Crippen molar-refractivity contribution in [3.05, 3.63) is 29.8 Å². The Morgan fingerprint density at radius 3 is 2.06 bits per heavy atom. The summed E-state index contributed by atoms with van der Waals surface area (Å²) in [5.41, 5.74) is 16.8. The van der Waals surface area contributed by atoms with Crippen molar-refractivity contribution in [1.82, 2.24) is 42.1 Å². The second-order valence-electron chi connectivity index (χ2n) is 18.8. The number of carbonyl (C=O) groups excluding carboxylic acids is 11. The average Bonchev–Trinajstić information content (AvgIpc) is 3.79. The number of rotatable bonds is 18. The van der Waals surface area contributed by atoms with E-state index in [0.29, 0.717) is 24.2 Å². The zero-order chi connectivity index (χ0) is 53.2. The Bertz CT molecular complexity index is 2110. The van der Waals surface area contributed by atoms with Gasteiger partial charge in [-0.1, -0.05) is 67.8 Å². The molecule has 0 radical (unpaired) electrons. The number of hydrogen-bond acceptors (Lipinski definition) is 14. The predicted octanol–water partition coefficient (Wildman–Crippen LogP) is -1.46. The summed E-state index contributed by atoms with van der Waals surface area (Å²) >= 11 is 0. The van der Waals surface area contributed by atoms with Crippen LogP contribution in [0, 0.1) is 11.8 Å². The summed E-state index contributed by atoms with van der Waals surface area (Å²) in [5, 5.41) is 18.3. The zero-order valence-electron chi connectivity index (χ0n) is 41.4. The lowest BCUT2D eigenvalue weighted by Gasteiger charge is -2.32. The van der Waals surface area contributed by atoms with E-state index in [1.165, 1.54) is 22.8 Å². The van der Waals surface area contributed by atoms with Gasteiger partial charge in [-0.2, -0.15) is 0 Å². The lowest BCUT2D eigenvalue weighted by molar-refractivity contribution is -0.142. The van der Waals surface area contributed by atoms with Gasteiger partial charge < -0.3 is 64.1 Å². The minimum atomic E-state index is -1.73. The van der Waals surface area contributed by atoms with Gasteiger partial charge in [0.2, 0.25) is 65.0 Å². The Morgan fingerprint density at radius 2 is 1.46 bits per heavy atom. The fraction of sp³-hybridized carbons (Fsp3) is 0.630. The number of carbonyl (C=O) groups is 11. The maximum atomic E-state index is 14.6. The highest BCUT2D eigenvalue weighted by atomic mass is 33.1. The molecule has 23 nitrogen and oxygen atoms in total. The highest BCUT2D eigenvalue weighted by molar-refractivity contribution is 8.77. The molecule has 0 saturated carbocycles. The van der Waals surface area contributed by atoms with E-state index in [9.17, 15) is 52.7 Å². The van der Waals surface area contributed by atoms with Crippen LogP contribution in [0.1, 0.15) is 98.5 Å². The normalized spacial score (nSPS) is 23.6. The van der Waals surface area contributed by atoms with E-state index in [1.807, 2.05) is 13.8 Å². The smallest absolute Gasteiger partial charge is 0.246 e. The Balaban J connectivity index is 2.09. The van der Waals surface area contributed by atoms with E-state index in [0.717, 1.165) is 10.8 Å². The Kier molecular flexibility index (Phi) is 23.4. The van der Waals surface area contributed by atoms with Gasteiger partial charge in [-0.15, -0.1) is 0 Å². The van der Waals surface area contributed by atoms with Crippen LogP contribution in [0.3, 0.4) is 0 Å². The molecule has 2 aliphatic rings. The first-order valence-corrected chi connectivity index (χ1v) is 25.8. The van der Waals surface area contributed by atoms with Crippen LogP contribution in [-0.2, 0) is 59.2 Å². The molecule has 1 aromatic carbocycles. The second kappa shape index (κ2) is 28.1. The Morgan fingerprint density at radius 1 is 0.831 bits per heavy atom. The predicted molar refractivity (Wildman–Crippen MR) is 265 cm³/mol. The molecule has 2 saturated heterocycles. The van der Waals surface area contributed by atoms with Crippen LogP contribution in [-0.4, -0.2) is 143 Å². The topological polar surface area (TPSA) is 363 Å². The van der Waals surface area contributed by atoms with E-state index < -0.39 is 137 Å². The fourth-order valence-corrected chi connectivity index (χ4v) is 10.5. The number of nitrogens with one attached hydrogen (secondary N) is 7. The summed E-state index contributed by atoms with van der Waals surface area (Å²) in [5.74, 6) is -9.07. The van der Waals surface area contributed by atoms with Crippen molar-refractivity contribution < 1.29 is 57.5 Å². The monoisotopic (exact) mass is 1030 g/mol. The molecule has 2 heterocycles. The van der Waals surface area contributed by atoms with Crippen molar-refractivity contribution in [2.24, 2.45) is 29.0 Å². The van der Waals surface area contributed by atoms with Gasteiger partial charge in [-0.3, -0.25) is 52.7 Å². The van der Waals surface area contributed by atoms with E-state index >= 15 is 0 Å². The van der Waals surface area contributed by atoms with Crippen molar-refractivity contribution >= 4 is 86.6 Å². The summed E-state index contributed by atoms with van der Waals surface area (Å²) in [4.78, 5) is 149. The minimum Gasteiger partial charge on any atom is -0.497 e. The van der Waals surface area contributed by atoms with Gasteiger partial charge in [0, 0.05) is 36.3 Å². The van der Waals surface area contributed by atoms with Gasteiger partial charge >= 0.3 is 0 Å². The first kappa shape index (κ1) is 59.2. The van der Waals surface area contributed by atoms with Gasteiger partial charge in [-0.05, 0) is 69.1 Å². The summed E-state index contributed by atoms with van der Waals surface area (Å²) < 4.78 is 4.39. The number of benzene rings is 1. The molecule has 25 heteroatoms. The molecule has 71 heavy (non-hydrogen) atoms. The molecule has 394 valence electrons. The van der Waals surface area contributed by atoms with E-state index in [1.54, 1.807) is 52.0 Å². The molecule has 11 amide bonds. The van der Waals surface area contributed by atoms with Crippen LogP contribution in [0.5, 0.6) is 5.75 Å². The zero-order valence-corrected chi connectivity index (χ0v) is 43.0. The third-order valence-corrected chi connectivity index (χ3v) is 15.0. The lowest BCUT2D eigenvalue weighted by atomic mass is 9.96. The van der Waals surface area contributed by atoms with Crippen LogP contribution < -0.4 is 59.2 Å². The van der Waals surface area contributed by atoms with Crippen molar-refractivity contribution in [1.29, 1.82) is 0 Å². The van der Waals surface area contributed by atoms with E-state index in [2.05, 4.69) is 37.2 Å². The third-order valence-electron chi connectivity index (χ3n) is 11.7. The van der Waals surface area contributed by atoms with Gasteiger partial charge in [-0.25, -0.2) is 0 Å². The van der Waals surface area contributed by atoms with Crippen LogP contribution in [0.25, 0.3) is 0 Å². The summed E-state index contributed by atoms with van der Waals surface area (Å²) in [6, 6.07) is -2.56. The molecule has 13 N–H and O–H groups in total. The fourth-order valence-electron chi connectivity index (χ4n) is 7.80. The van der Waals surface area contributed by atoms with Crippen molar-refractivity contribution in [2.75, 3.05) is 26.0 Å². The van der Waals surface area contributed by atoms with Gasteiger partial charge in [0.05, 0.1) is 20.1 Å². The number of primary amides is 3. The number of methoxy groups -OCH3 is 1. The van der Waals surface area contributed by atoms with Crippen molar-refractivity contribution in [3.8, 4) is 5.75 Å². The number of likely N-dealkylation sites (tertiary alicyclic amines) is 1. The van der Waals surface area contributed by atoms with Crippen LogP contribution in [0.2, 0.25) is 0 Å². The van der Waals surface area contributed by atoms with E-state index in [-0.39, 0.29) is 50.3 Å². The highest BCUT2D eigenvalue weighted by Crippen LogP contribution is 2.39. The van der Waals surface area contributed by atoms with Crippen molar-refractivity contribution in [2.45, 2.75) is 146 Å². The Labute approximate surface area is 421 Å². The van der Waals surface area contributed by atoms with Crippen LogP contribution >= 0.6 is 21.6 Å². The molecule has 3 rings (SSSR count). The largest absolute Gasteiger partial charge is 0.497 e. The molecule has 0 bridgehead atoms. The Hall–Kier alpha value is -6.11. The summed E-state index contributed by atoms with van der Waals surface area (Å²) in [7, 11) is 3.80. The van der Waals surface area contributed by atoms with Gasteiger partial charge in [0.25, 0.3) is 0 Å².